The van der Waals surface area contributed by atoms with E-state index in [-0.39, 0.29) is 5.91 Å². The van der Waals surface area contributed by atoms with Crippen molar-refractivity contribution in [3.8, 4) is 0 Å². The summed E-state index contributed by atoms with van der Waals surface area (Å²) >= 11 is 5.98. The summed E-state index contributed by atoms with van der Waals surface area (Å²) in [5.41, 5.74) is 3.31. The van der Waals surface area contributed by atoms with E-state index in [0.29, 0.717) is 30.8 Å². The highest BCUT2D eigenvalue weighted by Crippen LogP contribution is 2.34. The topological polar surface area (TPSA) is 57.5 Å². The molecule has 0 aliphatic carbocycles. The number of para-hydroxylation sites is 1. The number of aryl methyl sites for hydroxylation is 1. The van der Waals surface area contributed by atoms with E-state index in [1.54, 1.807) is 0 Å². The van der Waals surface area contributed by atoms with E-state index in [1.165, 1.54) is 16.4 Å². The fourth-order valence-electron chi connectivity index (χ4n) is 5.15. The zero-order valence-corrected chi connectivity index (χ0v) is 20.2. The molecule has 1 fully saturated rings. The first-order valence-electron chi connectivity index (χ1n) is 12.0. The Balaban J connectivity index is 1.19. The van der Waals surface area contributed by atoms with Crippen LogP contribution in [0.25, 0.3) is 21.8 Å². The number of piperidine rings is 1. The SMILES string of the molecule is CCn1c2ccccc2c2cc(NC(=O)CCN3CCC(O)(c4ccc(Cl)cc4)CC3)ccc21. The molecule has 0 atom stereocenters. The number of halogens is 1. The van der Waals surface area contributed by atoms with Gasteiger partial charge in [0.1, 0.15) is 0 Å². The van der Waals surface area contributed by atoms with Gasteiger partial charge in [0, 0.05) is 65.1 Å². The summed E-state index contributed by atoms with van der Waals surface area (Å²) in [5, 5.41) is 17.2. The van der Waals surface area contributed by atoms with E-state index < -0.39 is 5.60 Å². The van der Waals surface area contributed by atoms with E-state index in [0.717, 1.165) is 36.3 Å². The second-order valence-electron chi connectivity index (χ2n) is 9.17. The van der Waals surface area contributed by atoms with Gasteiger partial charge < -0.3 is 19.9 Å². The summed E-state index contributed by atoms with van der Waals surface area (Å²) in [6, 6.07) is 22.0. The summed E-state index contributed by atoms with van der Waals surface area (Å²) in [5.74, 6) is 0.0112. The first-order valence-corrected chi connectivity index (χ1v) is 12.4. The standard InChI is InChI=1S/C28H30ClN3O2/c1-2-32-25-6-4-3-5-23(25)24-19-22(11-12-26(24)32)30-27(33)13-16-31-17-14-28(34,15-18-31)20-7-9-21(29)10-8-20/h3-12,19,34H,2,13-18H2,1H3,(H,30,33). The fourth-order valence-corrected chi connectivity index (χ4v) is 5.28. The van der Waals surface area contributed by atoms with E-state index in [2.05, 4.69) is 58.1 Å². The minimum atomic E-state index is -0.823. The number of hydrogen-bond acceptors (Lipinski definition) is 3. The molecule has 2 heterocycles. The number of rotatable bonds is 6. The minimum absolute atomic E-state index is 0.0112. The summed E-state index contributed by atoms with van der Waals surface area (Å²) in [7, 11) is 0. The van der Waals surface area contributed by atoms with Crippen molar-refractivity contribution in [3.05, 3.63) is 77.3 Å². The third-order valence-corrected chi connectivity index (χ3v) is 7.34. The maximum Gasteiger partial charge on any atom is 0.225 e. The number of nitrogens with zero attached hydrogens (tertiary/aromatic N) is 2. The third kappa shape index (κ3) is 4.43. The van der Waals surface area contributed by atoms with E-state index >= 15 is 0 Å². The van der Waals surface area contributed by atoms with Crippen molar-refractivity contribution >= 4 is 45.0 Å². The predicted octanol–water partition coefficient (Wildman–Crippen LogP) is 5.78. The minimum Gasteiger partial charge on any atom is -0.385 e. The van der Waals surface area contributed by atoms with Crippen molar-refractivity contribution in [2.45, 2.75) is 38.3 Å². The van der Waals surface area contributed by atoms with Crippen molar-refractivity contribution in [1.29, 1.82) is 0 Å². The average molecular weight is 476 g/mol. The number of carbonyl (C=O) groups excluding carboxylic acids is 1. The Labute approximate surface area is 204 Å². The molecule has 1 amide bonds. The molecule has 6 heteroatoms. The quantitative estimate of drug-likeness (QED) is 0.371. The van der Waals surface area contributed by atoms with Crippen LogP contribution in [0.3, 0.4) is 0 Å². The number of fused-ring (bicyclic) bond motifs is 3. The number of amides is 1. The molecule has 2 N–H and O–H groups in total. The van der Waals surface area contributed by atoms with E-state index in [1.807, 2.05) is 30.3 Å². The van der Waals surface area contributed by atoms with Crippen molar-refractivity contribution < 1.29 is 9.90 Å². The lowest BCUT2D eigenvalue weighted by molar-refractivity contribution is -0.116. The van der Waals surface area contributed by atoms with Crippen LogP contribution < -0.4 is 5.32 Å². The van der Waals surface area contributed by atoms with Gasteiger partial charge in [-0.3, -0.25) is 4.79 Å². The van der Waals surface area contributed by atoms with Gasteiger partial charge in [0.25, 0.3) is 0 Å². The van der Waals surface area contributed by atoms with Gasteiger partial charge in [-0.2, -0.15) is 0 Å². The molecule has 1 aliphatic heterocycles. The average Bonchev–Trinajstić information content (AvgIpc) is 3.17. The van der Waals surface area contributed by atoms with Gasteiger partial charge in [0.05, 0.1) is 5.60 Å². The highest BCUT2D eigenvalue weighted by atomic mass is 35.5. The fraction of sp³-hybridized carbons (Fsp3) is 0.321. The second-order valence-corrected chi connectivity index (χ2v) is 9.61. The lowest BCUT2D eigenvalue weighted by Crippen LogP contribution is -2.43. The first-order chi connectivity index (χ1) is 16.5. The molecule has 5 nitrogen and oxygen atoms in total. The largest absolute Gasteiger partial charge is 0.385 e. The van der Waals surface area contributed by atoms with Crippen LogP contribution in [0.15, 0.2) is 66.7 Å². The Morgan fingerprint density at radius 1 is 1.00 bits per heavy atom. The van der Waals surface area contributed by atoms with Crippen molar-refractivity contribution in [2.75, 3.05) is 25.0 Å². The molecule has 176 valence electrons. The Morgan fingerprint density at radius 3 is 2.44 bits per heavy atom. The Hall–Kier alpha value is -2.86. The molecule has 1 aromatic heterocycles. The molecular weight excluding hydrogens is 446 g/mol. The molecule has 1 saturated heterocycles. The Morgan fingerprint density at radius 2 is 1.71 bits per heavy atom. The molecule has 5 rings (SSSR count). The Kier molecular flexibility index (Phi) is 6.34. The summed E-state index contributed by atoms with van der Waals surface area (Å²) < 4.78 is 2.30. The monoisotopic (exact) mass is 475 g/mol. The zero-order chi connectivity index (χ0) is 23.7. The second kappa shape index (κ2) is 9.41. The molecule has 0 saturated carbocycles. The van der Waals surface area contributed by atoms with Gasteiger partial charge in [-0.15, -0.1) is 0 Å². The van der Waals surface area contributed by atoms with Crippen LogP contribution in [-0.2, 0) is 16.9 Å². The molecule has 0 bridgehead atoms. The van der Waals surface area contributed by atoms with Gasteiger partial charge in [0.2, 0.25) is 5.91 Å². The Bertz CT molecular complexity index is 1320. The van der Waals surface area contributed by atoms with Crippen LogP contribution in [-0.4, -0.2) is 40.1 Å². The van der Waals surface area contributed by atoms with Gasteiger partial charge in [-0.25, -0.2) is 0 Å². The van der Waals surface area contributed by atoms with E-state index in [4.69, 9.17) is 11.6 Å². The van der Waals surface area contributed by atoms with Gasteiger partial charge >= 0.3 is 0 Å². The van der Waals surface area contributed by atoms with Gasteiger partial charge in [0.15, 0.2) is 0 Å². The first kappa shape index (κ1) is 22.9. The van der Waals surface area contributed by atoms with Crippen molar-refractivity contribution in [2.24, 2.45) is 0 Å². The van der Waals surface area contributed by atoms with Crippen LogP contribution in [0.5, 0.6) is 0 Å². The third-order valence-electron chi connectivity index (χ3n) is 7.09. The number of aliphatic hydroxyl groups is 1. The number of aromatic nitrogens is 1. The van der Waals surface area contributed by atoms with Gasteiger partial charge in [-0.05, 0) is 61.7 Å². The number of benzene rings is 3. The van der Waals surface area contributed by atoms with Crippen LogP contribution >= 0.6 is 11.6 Å². The van der Waals surface area contributed by atoms with Crippen LogP contribution in [0.2, 0.25) is 5.02 Å². The van der Waals surface area contributed by atoms with Crippen LogP contribution in [0.4, 0.5) is 5.69 Å². The number of carbonyl (C=O) groups is 1. The summed E-state index contributed by atoms with van der Waals surface area (Å²) in [6.45, 7) is 5.25. The number of likely N-dealkylation sites (tertiary alicyclic amines) is 1. The number of nitrogens with one attached hydrogen (secondary N) is 1. The summed E-state index contributed by atoms with van der Waals surface area (Å²) in [4.78, 5) is 14.9. The number of hydrogen-bond donors (Lipinski definition) is 2. The molecule has 4 aromatic rings. The highest BCUT2D eigenvalue weighted by molar-refractivity contribution is 6.30. The molecule has 1 aliphatic rings. The smallest absolute Gasteiger partial charge is 0.225 e. The predicted molar refractivity (Wildman–Crippen MR) is 139 cm³/mol. The molecule has 0 unspecified atom stereocenters. The normalized spacial score (nSPS) is 16.2. The maximum absolute atomic E-state index is 12.7. The summed E-state index contributed by atoms with van der Waals surface area (Å²) in [6.07, 6.45) is 1.72. The molecule has 34 heavy (non-hydrogen) atoms. The van der Waals surface area contributed by atoms with Gasteiger partial charge in [-0.1, -0.05) is 41.9 Å². The van der Waals surface area contributed by atoms with Crippen LogP contribution in [0.1, 0.15) is 31.7 Å². The van der Waals surface area contributed by atoms with Crippen LogP contribution in [0, 0.1) is 0 Å². The van der Waals surface area contributed by atoms with E-state index in [9.17, 15) is 9.90 Å². The number of anilines is 1. The molecule has 0 spiro atoms. The lowest BCUT2D eigenvalue weighted by atomic mass is 9.84. The molecule has 3 aromatic carbocycles. The van der Waals surface area contributed by atoms with Crippen molar-refractivity contribution in [3.63, 3.8) is 0 Å². The zero-order valence-electron chi connectivity index (χ0n) is 19.4. The molecular formula is C28H30ClN3O2. The maximum atomic E-state index is 12.7. The van der Waals surface area contributed by atoms with Crippen molar-refractivity contribution in [1.82, 2.24) is 9.47 Å². The highest BCUT2D eigenvalue weighted by Gasteiger charge is 2.33. The lowest BCUT2D eigenvalue weighted by Gasteiger charge is -2.38. The molecule has 0 radical (unpaired) electrons.